The van der Waals surface area contributed by atoms with Gasteiger partial charge in [-0.25, -0.2) is 0 Å². The van der Waals surface area contributed by atoms with Crippen molar-refractivity contribution in [2.45, 2.75) is 29.7 Å². The Balaban J connectivity index is 2.39. The van der Waals surface area contributed by atoms with E-state index in [1.807, 2.05) is 24.3 Å². The fourth-order valence-corrected chi connectivity index (χ4v) is 3.18. The lowest BCUT2D eigenvalue weighted by Crippen LogP contribution is -1.98. The summed E-state index contributed by atoms with van der Waals surface area (Å²) in [4.78, 5) is 2.19. The van der Waals surface area contributed by atoms with E-state index >= 15 is 0 Å². The third kappa shape index (κ3) is 3.31. The Hall–Kier alpha value is -1.45. The highest BCUT2D eigenvalue weighted by Gasteiger charge is 2.14. The van der Waals surface area contributed by atoms with Gasteiger partial charge in [0.2, 0.25) is 0 Å². The van der Waals surface area contributed by atoms with Crippen LogP contribution in [0.25, 0.3) is 0 Å². The van der Waals surface area contributed by atoms with E-state index in [9.17, 15) is 5.11 Å². The summed E-state index contributed by atoms with van der Waals surface area (Å²) < 4.78 is 5.34. The molecule has 0 aliphatic rings. The van der Waals surface area contributed by atoms with E-state index in [1.165, 1.54) is 5.56 Å². The summed E-state index contributed by atoms with van der Waals surface area (Å²) >= 11 is 1.65. The Labute approximate surface area is 118 Å². The molecule has 0 saturated carbocycles. The Bertz CT molecular complexity index is 564. The number of ether oxygens (including phenoxy) is 1. The predicted octanol–water partition coefficient (Wildman–Crippen LogP) is 4.21. The molecule has 2 rings (SSSR count). The third-order valence-electron chi connectivity index (χ3n) is 2.88. The standard InChI is InChI=1S/C16H18O2S/c1-11-6-4-7-13(10-11)19-15-9-5-8-14(18-3)16(15)12(2)17/h4-10,12,17H,1-3H3. The van der Waals surface area contributed by atoms with Crippen LogP contribution in [0.5, 0.6) is 5.75 Å². The zero-order chi connectivity index (χ0) is 13.8. The first kappa shape index (κ1) is 14.0. The van der Waals surface area contributed by atoms with Crippen molar-refractivity contribution in [3.8, 4) is 5.75 Å². The Morgan fingerprint density at radius 1 is 1.16 bits per heavy atom. The normalized spacial score (nSPS) is 12.2. The van der Waals surface area contributed by atoms with Gasteiger partial charge >= 0.3 is 0 Å². The molecule has 0 spiro atoms. The van der Waals surface area contributed by atoms with E-state index in [-0.39, 0.29) is 0 Å². The van der Waals surface area contributed by atoms with Crippen molar-refractivity contribution in [1.82, 2.24) is 0 Å². The molecule has 1 N–H and O–H groups in total. The number of aliphatic hydroxyl groups is 1. The first-order valence-electron chi connectivity index (χ1n) is 6.21. The van der Waals surface area contributed by atoms with Crippen LogP contribution in [0.4, 0.5) is 0 Å². The number of benzene rings is 2. The number of aliphatic hydroxyl groups excluding tert-OH is 1. The second-order valence-electron chi connectivity index (χ2n) is 4.47. The average Bonchev–Trinajstić information content (AvgIpc) is 2.38. The molecule has 100 valence electrons. The highest BCUT2D eigenvalue weighted by atomic mass is 32.2. The number of hydrogen-bond donors (Lipinski definition) is 1. The van der Waals surface area contributed by atoms with Crippen LogP contribution in [0.15, 0.2) is 52.3 Å². The molecule has 2 aromatic carbocycles. The third-order valence-corrected chi connectivity index (χ3v) is 3.95. The van der Waals surface area contributed by atoms with Crippen LogP contribution in [-0.4, -0.2) is 12.2 Å². The van der Waals surface area contributed by atoms with Gasteiger partial charge in [0, 0.05) is 15.4 Å². The maximum Gasteiger partial charge on any atom is 0.125 e. The van der Waals surface area contributed by atoms with Gasteiger partial charge < -0.3 is 9.84 Å². The largest absolute Gasteiger partial charge is 0.496 e. The molecule has 0 aliphatic heterocycles. The van der Waals surface area contributed by atoms with Gasteiger partial charge in [-0.05, 0) is 38.1 Å². The van der Waals surface area contributed by atoms with Gasteiger partial charge in [-0.2, -0.15) is 0 Å². The molecule has 0 heterocycles. The van der Waals surface area contributed by atoms with Gasteiger partial charge in [0.1, 0.15) is 5.75 Å². The van der Waals surface area contributed by atoms with Gasteiger partial charge in [0.05, 0.1) is 13.2 Å². The lowest BCUT2D eigenvalue weighted by atomic mass is 10.1. The summed E-state index contributed by atoms with van der Waals surface area (Å²) in [5.74, 6) is 0.729. The van der Waals surface area contributed by atoms with Crippen LogP contribution in [0.1, 0.15) is 24.2 Å². The number of hydrogen-bond acceptors (Lipinski definition) is 3. The lowest BCUT2D eigenvalue weighted by Gasteiger charge is -2.15. The highest BCUT2D eigenvalue weighted by molar-refractivity contribution is 7.99. The van der Waals surface area contributed by atoms with Crippen molar-refractivity contribution in [3.63, 3.8) is 0 Å². The first-order chi connectivity index (χ1) is 9.11. The lowest BCUT2D eigenvalue weighted by molar-refractivity contribution is 0.191. The van der Waals surface area contributed by atoms with Crippen LogP contribution in [0.2, 0.25) is 0 Å². The van der Waals surface area contributed by atoms with Crippen molar-refractivity contribution in [2.75, 3.05) is 7.11 Å². The molecule has 0 bridgehead atoms. The molecule has 19 heavy (non-hydrogen) atoms. The second kappa shape index (κ2) is 6.13. The quantitative estimate of drug-likeness (QED) is 0.905. The van der Waals surface area contributed by atoms with Gasteiger partial charge in [-0.3, -0.25) is 0 Å². The molecule has 2 nitrogen and oxygen atoms in total. The molecule has 0 saturated heterocycles. The van der Waals surface area contributed by atoms with Gasteiger partial charge in [-0.15, -0.1) is 0 Å². The van der Waals surface area contributed by atoms with E-state index in [0.29, 0.717) is 0 Å². The van der Waals surface area contributed by atoms with E-state index in [1.54, 1.807) is 25.8 Å². The van der Waals surface area contributed by atoms with Gasteiger partial charge in [0.15, 0.2) is 0 Å². The Kier molecular flexibility index (Phi) is 4.51. The van der Waals surface area contributed by atoms with Gasteiger partial charge in [-0.1, -0.05) is 35.5 Å². The molecule has 0 aliphatic carbocycles. The average molecular weight is 274 g/mol. The monoisotopic (exact) mass is 274 g/mol. The molecular formula is C16H18O2S. The zero-order valence-corrected chi connectivity index (χ0v) is 12.2. The van der Waals surface area contributed by atoms with Crippen molar-refractivity contribution < 1.29 is 9.84 Å². The van der Waals surface area contributed by atoms with Crippen molar-refractivity contribution in [3.05, 3.63) is 53.6 Å². The van der Waals surface area contributed by atoms with E-state index in [4.69, 9.17) is 4.74 Å². The minimum absolute atomic E-state index is 0.552. The number of aryl methyl sites for hydroxylation is 1. The zero-order valence-electron chi connectivity index (χ0n) is 11.4. The molecule has 3 heteroatoms. The molecule has 1 unspecified atom stereocenters. The summed E-state index contributed by atoms with van der Waals surface area (Å²) in [7, 11) is 1.63. The summed E-state index contributed by atoms with van der Waals surface area (Å²) in [6, 6.07) is 14.2. The van der Waals surface area contributed by atoms with E-state index in [0.717, 1.165) is 21.1 Å². The molecule has 1 atom stereocenters. The predicted molar refractivity (Wildman–Crippen MR) is 78.9 cm³/mol. The van der Waals surface area contributed by atoms with Crippen LogP contribution in [0, 0.1) is 6.92 Å². The van der Waals surface area contributed by atoms with E-state index in [2.05, 4.69) is 25.1 Å². The van der Waals surface area contributed by atoms with Crippen molar-refractivity contribution >= 4 is 11.8 Å². The minimum Gasteiger partial charge on any atom is -0.496 e. The second-order valence-corrected chi connectivity index (χ2v) is 5.58. The van der Waals surface area contributed by atoms with Crippen LogP contribution < -0.4 is 4.74 Å². The fourth-order valence-electron chi connectivity index (χ4n) is 2.01. The van der Waals surface area contributed by atoms with E-state index < -0.39 is 6.10 Å². The van der Waals surface area contributed by atoms with Crippen molar-refractivity contribution in [2.24, 2.45) is 0 Å². The van der Waals surface area contributed by atoms with Crippen molar-refractivity contribution in [1.29, 1.82) is 0 Å². The minimum atomic E-state index is -0.552. The van der Waals surface area contributed by atoms with Crippen LogP contribution in [-0.2, 0) is 0 Å². The molecule has 0 aromatic heterocycles. The summed E-state index contributed by atoms with van der Waals surface area (Å²) in [6.07, 6.45) is -0.552. The SMILES string of the molecule is COc1cccc(Sc2cccc(C)c2)c1C(C)O. The molecule has 0 fully saturated rings. The molecular weight excluding hydrogens is 256 g/mol. The molecule has 0 radical (unpaired) electrons. The maximum absolute atomic E-state index is 9.96. The van der Waals surface area contributed by atoms with Gasteiger partial charge in [0.25, 0.3) is 0 Å². The van der Waals surface area contributed by atoms with Crippen LogP contribution >= 0.6 is 11.8 Å². The molecule has 2 aromatic rings. The number of rotatable bonds is 4. The summed E-state index contributed by atoms with van der Waals surface area (Å²) in [5.41, 5.74) is 2.07. The number of methoxy groups -OCH3 is 1. The smallest absolute Gasteiger partial charge is 0.125 e. The summed E-state index contributed by atoms with van der Waals surface area (Å²) in [6.45, 7) is 3.84. The Morgan fingerprint density at radius 3 is 2.53 bits per heavy atom. The first-order valence-corrected chi connectivity index (χ1v) is 7.03. The molecule has 0 amide bonds. The highest BCUT2D eigenvalue weighted by Crippen LogP contribution is 2.38. The summed E-state index contributed by atoms with van der Waals surface area (Å²) in [5, 5.41) is 9.96. The topological polar surface area (TPSA) is 29.5 Å². The fraction of sp³-hybridized carbons (Fsp3) is 0.250. The van der Waals surface area contributed by atoms with Crippen LogP contribution in [0.3, 0.4) is 0 Å². The Morgan fingerprint density at radius 2 is 1.89 bits per heavy atom. The maximum atomic E-state index is 9.96.